The lowest BCUT2D eigenvalue weighted by molar-refractivity contribution is -0.124. The molecule has 6 heteroatoms. The van der Waals surface area contributed by atoms with Gasteiger partial charge in [0.05, 0.1) is 0 Å². The second-order valence-corrected chi connectivity index (χ2v) is 7.20. The fourth-order valence-electron chi connectivity index (χ4n) is 2.74. The first kappa shape index (κ1) is 21.8. The molecule has 2 N–H and O–H groups in total. The summed E-state index contributed by atoms with van der Waals surface area (Å²) in [4.78, 5) is 23.8. The van der Waals surface area contributed by atoms with Gasteiger partial charge in [-0.05, 0) is 61.6 Å². The molecule has 2 aromatic carbocycles. The summed E-state index contributed by atoms with van der Waals surface area (Å²) in [5, 5.41) is 6.23. The zero-order valence-corrected chi connectivity index (χ0v) is 17.4. The predicted molar refractivity (Wildman–Crippen MR) is 112 cm³/mol. The molecule has 0 heterocycles. The summed E-state index contributed by atoms with van der Waals surface area (Å²) >= 11 is 5.84. The van der Waals surface area contributed by atoms with Crippen LogP contribution in [0.25, 0.3) is 0 Å². The van der Waals surface area contributed by atoms with Crippen LogP contribution in [-0.2, 0) is 16.0 Å². The van der Waals surface area contributed by atoms with Gasteiger partial charge in [-0.15, -0.1) is 0 Å². The lowest BCUT2D eigenvalue weighted by Gasteiger charge is -2.14. The average Bonchev–Trinajstić information content (AvgIpc) is 2.68. The molecule has 0 spiro atoms. The average molecular weight is 403 g/mol. The number of hydrogen-bond donors (Lipinski definition) is 2. The van der Waals surface area contributed by atoms with Crippen molar-refractivity contribution in [3.05, 3.63) is 63.7 Å². The molecule has 0 radical (unpaired) electrons. The van der Waals surface area contributed by atoms with Crippen molar-refractivity contribution in [2.75, 3.05) is 19.7 Å². The fourth-order valence-corrected chi connectivity index (χ4v) is 2.86. The number of carbonyl (C=O) groups is 2. The van der Waals surface area contributed by atoms with Gasteiger partial charge in [0, 0.05) is 24.5 Å². The predicted octanol–water partition coefficient (Wildman–Crippen LogP) is 3.51. The minimum absolute atomic E-state index is 0.0460. The number of amides is 2. The molecule has 0 aliphatic carbocycles. The van der Waals surface area contributed by atoms with E-state index in [1.807, 2.05) is 57.2 Å². The van der Waals surface area contributed by atoms with E-state index >= 15 is 0 Å². The van der Waals surface area contributed by atoms with E-state index in [0.29, 0.717) is 31.0 Å². The highest BCUT2D eigenvalue weighted by Gasteiger charge is 2.09. The topological polar surface area (TPSA) is 67.4 Å². The van der Waals surface area contributed by atoms with Gasteiger partial charge >= 0.3 is 0 Å². The van der Waals surface area contributed by atoms with Gasteiger partial charge in [0.1, 0.15) is 5.75 Å². The number of ether oxygens (including phenoxy) is 1. The van der Waals surface area contributed by atoms with Crippen molar-refractivity contribution in [1.29, 1.82) is 0 Å². The van der Waals surface area contributed by atoms with Crippen LogP contribution in [0.15, 0.2) is 36.4 Å². The van der Waals surface area contributed by atoms with E-state index in [-0.39, 0.29) is 18.4 Å². The van der Waals surface area contributed by atoms with Crippen LogP contribution in [-0.4, -0.2) is 31.5 Å². The van der Waals surface area contributed by atoms with Gasteiger partial charge in [0.25, 0.3) is 5.91 Å². The Morgan fingerprint density at radius 3 is 2.18 bits per heavy atom. The number of aryl methyl sites for hydroxylation is 3. The Hall–Kier alpha value is -2.53. The van der Waals surface area contributed by atoms with Gasteiger partial charge in [0.2, 0.25) is 5.91 Å². The van der Waals surface area contributed by atoms with Gasteiger partial charge in [-0.3, -0.25) is 9.59 Å². The highest BCUT2D eigenvalue weighted by molar-refractivity contribution is 6.30. The normalized spacial score (nSPS) is 10.4. The van der Waals surface area contributed by atoms with Crippen molar-refractivity contribution in [2.45, 2.75) is 33.6 Å². The molecule has 0 saturated carbocycles. The monoisotopic (exact) mass is 402 g/mol. The van der Waals surface area contributed by atoms with E-state index < -0.39 is 0 Å². The molecule has 0 atom stereocenters. The maximum absolute atomic E-state index is 11.9. The first-order valence-corrected chi connectivity index (χ1v) is 9.72. The largest absolute Gasteiger partial charge is 0.483 e. The van der Waals surface area contributed by atoms with Crippen LogP contribution in [0.1, 0.15) is 28.7 Å². The van der Waals surface area contributed by atoms with Gasteiger partial charge in [-0.1, -0.05) is 35.9 Å². The first-order chi connectivity index (χ1) is 13.4. The zero-order chi connectivity index (χ0) is 20.5. The smallest absolute Gasteiger partial charge is 0.258 e. The summed E-state index contributed by atoms with van der Waals surface area (Å²) in [7, 11) is 0. The van der Waals surface area contributed by atoms with Crippen LogP contribution in [0, 0.1) is 20.8 Å². The Kier molecular flexibility index (Phi) is 8.33. The van der Waals surface area contributed by atoms with Crippen molar-refractivity contribution in [3.63, 3.8) is 0 Å². The summed E-state index contributed by atoms with van der Waals surface area (Å²) in [6.07, 6.45) is 1.04. The molecular formula is C22H27ClN2O3. The third-order valence-corrected chi connectivity index (χ3v) is 4.80. The Bertz CT molecular complexity index is 819. The Labute approximate surface area is 171 Å². The molecule has 28 heavy (non-hydrogen) atoms. The lowest BCUT2D eigenvalue weighted by Crippen LogP contribution is -2.36. The quantitative estimate of drug-likeness (QED) is 0.631. The molecule has 2 rings (SSSR count). The van der Waals surface area contributed by atoms with Crippen LogP contribution in [0.2, 0.25) is 5.02 Å². The van der Waals surface area contributed by atoms with Crippen molar-refractivity contribution in [3.8, 4) is 5.75 Å². The van der Waals surface area contributed by atoms with Crippen molar-refractivity contribution in [1.82, 2.24) is 10.6 Å². The molecule has 150 valence electrons. The van der Waals surface area contributed by atoms with Crippen LogP contribution in [0.4, 0.5) is 0 Å². The van der Waals surface area contributed by atoms with E-state index in [4.69, 9.17) is 16.3 Å². The summed E-state index contributed by atoms with van der Waals surface area (Å²) in [6.45, 7) is 6.65. The first-order valence-electron chi connectivity index (χ1n) is 9.34. The van der Waals surface area contributed by atoms with Crippen molar-refractivity contribution < 1.29 is 14.3 Å². The number of benzene rings is 2. The molecule has 2 aromatic rings. The standard InChI is InChI=1S/C22H27ClN2O3/c1-15-4-5-16(2)22(17(15)3)28-14-21(27)25-13-12-24-20(26)11-8-18-6-9-19(23)10-7-18/h4-7,9-10H,8,11-14H2,1-3H3,(H,24,26)(H,25,27). The minimum atomic E-state index is -0.212. The van der Waals surface area contributed by atoms with Gasteiger partial charge < -0.3 is 15.4 Å². The SMILES string of the molecule is Cc1ccc(C)c(OCC(=O)NCCNC(=O)CCc2ccc(Cl)cc2)c1C. The Morgan fingerprint density at radius 2 is 1.50 bits per heavy atom. The molecule has 0 saturated heterocycles. The number of rotatable bonds is 9. The molecule has 2 amide bonds. The summed E-state index contributed by atoms with van der Waals surface area (Å²) in [6, 6.07) is 11.5. The van der Waals surface area contributed by atoms with Gasteiger partial charge in [0.15, 0.2) is 6.61 Å². The molecule has 0 bridgehead atoms. The van der Waals surface area contributed by atoms with E-state index in [0.717, 1.165) is 28.0 Å². The number of hydrogen-bond acceptors (Lipinski definition) is 3. The van der Waals surface area contributed by atoms with Crippen LogP contribution >= 0.6 is 11.6 Å². The molecule has 5 nitrogen and oxygen atoms in total. The molecule has 0 fully saturated rings. The molecule has 0 aliphatic heterocycles. The third kappa shape index (κ3) is 6.89. The Morgan fingerprint density at radius 1 is 0.893 bits per heavy atom. The van der Waals surface area contributed by atoms with E-state index in [1.165, 1.54) is 0 Å². The fraction of sp³-hybridized carbons (Fsp3) is 0.364. The second-order valence-electron chi connectivity index (χ2n) is 6.77. The molecule has 0 unspecified atom stereocenters. The molecule has 0 aliphatic rings. The Balaban J connectivity index is 1.62. The van der Waals surface area contributed by atoms with Gasteiger partial charge in [-0.2, -0.15) is 0 Å². The van der Waals surface area contributed by atoms with Gasteiger partial charge in [-0.25, -0.2) is 0 Å². The second kappa shape index (κ2) is 10.7. The van der Waals surface area contributed by atoms with E-state index in [1.54, 1.807) is 0 Å². The highest BCUT2D eigenvalue weighted by Crippen LogP contribution is 2.25. The summed E-state index contributed by atoms with van der Waals surface area (Å²) < 4.78 is 5.68. The van der Waals surface area contributed by atoms with Crippen LogP contribution < -0.4 is 15.4 Å². The minimum Gasteiger partial charge on any atom is -0.483 e. The highest BCUT2D eigenvalue weighted by atomic mass is 35.5. The van der Waals surface area contributed by atoms with Crippen LogP contribution in [0.3, 0.4) is 0 Å². The number of nitrogens with one attached hydrogen (secondary N) is 2. The van der Waals surface area contributed by atoms with E-state index in [9.17, 15) is 9.59 Å². The third-order valence-electron chi connectivity index (χ3n) is 4.54. The molecular weight excluding hydrogens is 376 g/mol. The summed E-state index contributed by atoms with van der Waals surface area (Å²) in [5.74, 6) is 0.493. The number of carbonyl (C=O) groups excluding carboxylic acids is 2. The maximum Gasteiger partial charge on any atom is 0.258 e. The maximum atomic E-state index is 11.9. The zero-order valence-electron chi connectivity index (χ0n) is 16.6. The van der Waals surface area contributed by atoms with Crippen molar-refractivity contribution in [2.24, 2.45) is 0 Å². The van der Waals surface area contributed by atoms with Crippen LogP contribution in [0.5, 0.6) is 5.75 Å². The summed E-state index contributed by atoms with van der Waals surface area (Å²) in [5.41, 5.74) is 4.23. The number of halogens is 1. The van der Waals surface area contributed by atoms with E-state index in [2.05, 4.69) is 10.6 Å². The molecule has 0 aromatic heterocycles. The van der Waals surface area contributed by atoms with Crippen molar-refractivity contribution >= 4 is 23.4 Å². The lowest BCUT2D eigenvalue weighted by atomic mass is 10.1.